The molecule has 0 saturated heterocycles. The SMILES string of the molecule is N#CCC(=O)NCc1cccc(OCc2ccccc2F)c1. The summed E-state index contributed by atoms with van der Waals surface area (Å²) in [5, 5.41) is 11.1. The monoisotopic (exact) mass is 298 g/mol. The van der Waals surface area contributed by atoms with Crippen LogP contribution in [0.5, 0.6) is 5.75 Å². The third-order valence-electron chi connectivity index (χ3n) is 2.98. The molecule has 0 saturated carbocycles. The Hall–Kier alpha value is -2.87. The van der Waals surface area contributed by atoms with Crippen molar-refractivity contribution in [2.24, 2.45) is 0 Å². The van der Waals surface area contributed by atoms with Crippen LogP contribution in [-0.2, 0) is 17.9 Å². The molecule has 112 valence electrons. The summed E-state index contributed by atoms with van der Waals surface area (Å²) in [5.74, 6) is -0.0297. The van der Waals surface area contributed by atoms with Crippen LogP contribution in [0.25, 0.3) is 0 Å². The molecule has 22 heavy (non-hydrogen) atoms. The quantitative estimate of drug-likeness (QED) is 0.892. The second kappa shape index (κ2) is 7.79. The van der Waals surface area contributed by atoms with Crippen molar-refractivity contribution in [3.63, 3.8) is 0 Å². The van der Waals surface area contributed by atoms with E-state index in [0.29, 0.717) is 17.9 Å². The number of ether oxygens (including phenoxy) is 1. The molecular weight excluding hydrogens is 283 g/mol. The topological polar surface area (TPSA) is 62.1 Å². The summed E-state index contributed by atoms with van der Waals surface area (Å²) >= 11 is 0. The third-order valence-corrected chi connectivity index (χ3v) is 2.98. The van der Waals surface area contributed by atoms with E-state index in [2.05, 4.69) is 5.32 Å². The first-order valence-electron chi connectivity index (χ1n) is 6.78. The number of nitrogens with zero attached hydrogens (tertiary/aromatic N) is 1. The van der Waals surface area contributed by atoms with E-state index in [1.165, 1.54) is 6.07 Å². The minimum absolute atomic E-state index is 0.136. The molecule has 0 spiro atoms. The van der Waals surface area contributed by atoms with Crippen molar-refractivity contribution in [1.82, 2.24) is 5.32 Å². The van der Waals surface area contributed by atoms with Gasteiger partial charge < -0.3 is 10.1 Å². The molecule has 0 heterocycles. The van der Waals surface area contributed by atoms with E-state index in [1.54, 1.807) is 42.5 Å². The molecule has 0 fully saturated rings. The number of benzene rings is 2. The average Bonchev–Trinajstić information content (AvgIpc) is 2.53. The fourth-order valence-corrected chi connectivity index (χ4v) is 1.86. The summed E-state index contributed by atoms with van der Waals surface area (Å²) in [7, 11) is 0. The largest absolute Gasteiger partial charge is 0.489 e. The highest BCUT2D eigenvalue weighted by atomic mass is 19.1. The van der Waals surface area contributed by atoms with E-state index in [4.69, 9.17) is 10.00 Å². The summed E-state index contributed by atoms with van der Waals surface area (Å²) in [6, 6.07) is 15.4. The standard InChI is InChI=1S/C17H15FN2O2/c18-16-7-2-1-5-14(16)12-22-15-6-3-4-13(10-15)11-20-17(21)8-9-19/h1-7,10H,8,11-12H2,(H,20,21). The van der Waals surface area contributed by atoms with Gasteiger partial charge in [0.25, 0.3) is 0 Å². The highest BCUT2D eigenvalue weighted by Gasteiger charge is 2.04. The first-order valence-corrected chi connectivity index (χ1v) is 6.78. The Morgan fingerprint density at radius 2 is 2.05 bits per heavy atom. The fourth-order valence-electron chi connectivity index (χ4n) is 1.86. The molecule has 2 aromatic rings. The smallest absolute Gasteiger partial charge is 0.234 e. The van der Waals surface area contributed by atoms with Gasteiger partial charge in [0.05, 0.1) is 6.07 Å². The lowest BCUT2D eigenvalue weighted by atomic mass is 10.2. The van der Waals surface area contributed by atoms with Gasteiger partial charge in [0, 0.05) is 12.1 Å². The van der Waals surface area contributed by atoms with Crippen molar-refractivity contribution in [1.29, 1.82) is 5.26 Å². The maximum Gasteiger partial charge on any atom is 0.234 e. The molecule has 2 rings (SSSR count). The van der Waals surface area contributed by atoms with Crippen molar-refractivity contribution >= 4 is 5.91 Å². The number of carbonyl (C=O) groups is 1. The fraction of sp³-hybridized carbons (Fsp3) is 0.176. The molecule has 4 nitrogen and oxygen atoms in total. The van der Waals surface area contributed by atoms with E-state index < -0.39 is 0 Å². The molecule has 0 unspecified atom stereocenters. The summed E-state index contributed by atoms with van der Waals surface area (Å²) in [6.07, 6.45) is -0.163. The van der Waals surface area contributed by atoms with Gasteiger partial charge >= 0.3 is 0 Å². The molecule has 0 aromatic heterocycles. The minimum Gasteiger partial charge on any atom is -0.489 e. The molecule has 0 atom stereocenters. The molecule has 2 aromatic carbocycles. The first-order chi connectivity index (χ1) is 10.7. The van der Waals surface area contributed by atoms with Crippen LogP contribution in [0, 0.1) is 17.1 Å². The van der Waals surface area contributed by atoms with Gasteiger partial charge in [0.15, 0.2) is 0 Å². The highest BCUT2D eigenvalue weighted by molar-refractivity contribution is 5.77. The van der Waals surface area contributed by atoms with Crippen molar-refractivity contribution < 1.29 is 13.9 Å². The Bertz CT molecular complexity index is 695. The minimum atomic E-state index is -0.319. The lowest BCUT2D eigenvalue weighted by Gasteiger charge is -2.09. The maximum absolute atomic E-state index is 13.5. The van der Waals surface area contributed by atoms with Crippen LogP contribution in [0.15, 0.2) is 48.5 Å². The van der Waals surface area contributed by atoms with Crippen molar-refractivity contribution in [3.05, 3.63) is 65.5 Å². The number of halogens is 1. The van der Waals surface area contributed by atoms with Gasteiger partial charge in [-0.3, -0.25) is 4.79 Å². The maximum atomic E-state index is 13.5. The van der Waals surface area contributed by atoms with Crippen LogP contribution >= 0.6 is 0 Å². The zero-order valence-corrected chi connectivity index (χ0v) is 11.9. The number of hydrogen-bond donors (Lipinski definition) is 1. The number of amides is 1. The second-order valence-corrected chi connectivity index (χ2v) is 4.64. The Morgan fingerprint density at radius 1 is 1.23 bits per heavy atom. The predicted molar refractivity (Wildman–Crippen MR) is 79.3 cm³/mol. The van der Waals surface area contributed by atoms with Crippen LogP contribution in [0.3, 0.4) is 0 Å². The summed E-state index contributed by atoms with van der Waals surface area (Å²) < 4.78 is 19.1. The number of nitriles is 1. The Kier molecular flexibility index (Phi) is 5.50. The predicted octanol–water partition coefficient (Wildman–Crippen LogP) is 2.93. The van der Waals surface area contributed by atoms with Gasteiger partial charge in [0.1, 0.15) is 24.6 Å². The highest BCUT2D eigenvalue weighted by Crippen LogP contribution is 2.16. The van der Waals surface area contributed by atoms with Crippen molar-refractivity contribution in [2.75, 3.05) is 0 Å². The van der Waals surface area contributed by atoms with Gasteiger partial charge in [-0.2, -0.15) is 5.26 Å². The molecule has 0 aliphatic carbocycles. The number of carbonyl (C=O) groups excluding carboxylic acids is 1. The number of hydrogen-bond acceptors (Lipinski definition) is 3. The Labute approximate surface area is 128 Å². The first kappa shape index (κ1) is 15.5. The van der Waals surface area contributed by atoms with Gasteiger partial charge in [0.2, 0.25) is 5.91 Å². The van der Waals surface area contributed by atoms with E-state index in [9.17, 15) is 9.18 Å². The molecule has 0 aliphatic heterocycles. The molecule has 0 radical (unpaired) electrons. The Balaban J connectivity index is 1.93. The summed E-state index contributed by atoms with van der Waals surface area (Å²) in [6.45, 7) is 0.453. The molecular formula is C17H15FN2O2. The second-order valence-electron chi connectivity index (χ2n) is 4.64. The molecule has 0 aliphatic rings. The average molecular weight is 298 g/mol. The van der Waals surface area contributed by atoms with E-state index in [1.807, 2.05) is 6.07 Å². The summed E-state index contributed by atoms with van der Waals surface area (Å²) in [4.78, 5) is 11.2. The van der Waals surface area contributed by atoms with Crippen LogP contribution < -0.4 is 10.1 Å². The van der Waals surface area contributed by atoms with E-state index in [-0.39, 0.29) is 24.8 Å². The summed E-state index contributed by atoms with van der Waals surface area (Å²) in [5.41, 5.74) is 1.33. The normalized spacial score (nSPS) is 9.82. The van der Waals surface area contributed by atoms with Crippen molar-refractivity contribution in [3.8, 4) is 11.8 Å². The van der Waals surface area contributed by atoms with Gasteiger partial charge in [-0.1, -0.05) is 30.3 Å². The van der Waals surface area contributed by atoms with Crippen LogP contribution in [0.1, 0.15) is 17.5 Å². The lowest BCUT2D eigenvalue weighted by Crippen LogP contribution is -2.21. The molecule has 1 N–H and O–H groups in total. The van der Waals surface area contributed by atoms with E-state index >= 15 is 0 Å². The third kappa shape index (κ3) is 4.60. The molecule has 5 heteroatoms. The van der Waals surface area contributed by atoms with Crippen LogP contribution in [-0.4, -0.2) is 5.91 Å². The van der Waals surface area contributed by atoms with Crippen molar-refractivity contribution in [2.45, 2.75) is 19.6 Å². The molecule has 1 amide bonds. The van der Waals surface area contributed by atoms with Crippen LogP contribution in [0.2, 0.25) is 0 Å². The van der Waals surface area contributed by atoms with Gasteiger partial charge in [-0.25, -0.2) is 4.39 Å². The number of rotatable bonds is 6. The lowest BCUT2D eigenvalue weighted by molar-refractivity contribution is -0.120. The van der Waals surface area contributed by atoms with Gasteiger partial charge in [-0.15, -0.1) is 0 Å². The zero-order valence-electron chi connectivity index (χ0n) is 11.9. The zero-order chi connectivity index (χ0) is 15.8. The van der Waals surface area contributed by atoms with E-state index in [0.717, 1.165) is 5.56 Å². The Morgan fingerprint density at radius 3 is 2.82 bits per heavy atom. The van der Waals surface area contributed by atoms with Crippen LogP contribution in [0.4, 0.5) is 4.39 Å². The van der Waals surface area contributed by atoms with Gasteiger partial charge in [-0.05, 0) is 23.8 Å². The number of nitrogens with one attached hydrogen (secondary N) is 1. The molecule has 0 bridgehead atoms.